The zero-order chi connectivity index (χ0) is 14.3. The fourth-order valence-corrected chi connectivity index (χ4v) is 3.63. The average molecular weight is 292 g/mol. The number of thioether (sulfide) groups is 1. The van der Waals surface area contributed by atoms with Crippen molar-refractivity contribution in [3.05, 3.63) is 35.4 Å². The molecule has 2 aliphatic rings. The SMILES string of the molecule is O=C(O)[C@@H]([C@H]1NCCS1)N1C(=O)c2ccccc2C1=O. The minimum absolute atomic E-state index is 0.270. The summed E-state index contributed by atoms with van der Waals surface area (Å²) in [5.41, 5.74) is 0.540. The van der Waals surface area contributed by atoms with E-state index in [9.17, 15) is 19.5 Å². The minimum Gasteiger partial charge on any atom is -0.480 e. The molecule has 1 fully saturated rings. The molecule has 1 aromatic rings. The number of fused-ring (bicyclic) bond motifs is 1. The molecule has 6 nitrogen and oxygen atoms in total. The maximum Gasteiger partial charge on any atom is 0.329 e. The second-order valence-electron chi connectivity index (χ2n) is 4.55. The molecule has 2 aliphatic heterocycles. The van der Waals surface area contributed by atoms with Gasteiger partial charge in [0.1, 0.15) is 0 Å². The molecule has 0 aliphatic carbocycles. The third kappa shape index (κ3) is 1.90. The summed E-state index contributed by atoms with van der Waals surface area (Å²) in [6.45, 7) is 0.669. The van der Waals surface area contributed by atoms with E-state index in [-0.39, 0.29) is 11.1 Å². The van der Waals surface area contributed by atoms with Crippen molar-refractivity contribution in [1.82, 2.24) is 10.2 Å². The van der Waals surface area contributed by atoms with Crippen molar-refractivity contribution in [2.24, 2.45) is 0 Å². The molecule has 0 saturated carbocycles. The number of carbonyl (C=O) groups excluding carboxylic acids is 2. The summed E-state index contributed by atoms with van der Waals surface area (Å²) in [6.07, 6.45) is 0. The Morgan fingerprint density at radius 2 is 1.90 bits per heavy atom. The number of nitrogens with zero attached hydrogens (tertiary/aromatic N) is 1. The van der Waals surface area contributed by atoms with E-state index in [1.165, 1.54) is 11.8 Å². The van der Waals surface area contributed by atoms with E-state index in [0.717, 1.165) is 10.7 Å². The van der Waals surface area contributed by atoms with Crippen LogP contribution in [0.2, 0.25) is 0 Å². The lowest BCUT2D eigenvalue weighted by atomic mass is 10.1. The van der Waals surface area contributed by atoms with Crippen LogP contribution in [-0.2, 0) is 4.79 Å². The number of hydrogen-bond acceptors (Lipinski definition) is 5. The van der Waals surface area contributed by atoms with Crippen LogP contribution in [0.15, 0.2) is 24.3 Å². The number of carboxylic acid groups (broad SMARTS) is 1. The molecule has 2 N–H and O–H groups in total. The molecule has 1 saturated heterocycles. The molecule has 7 heteroatoms. The Labute approximate surface area is 119 Å². The third-order valence-corrected chi connectivity index (χ3v) is 4.61. The molecule has 2 heterocycles. The highest BCUT2D eigenvalue weighted by molar-refractivity contribution is 8.00. The zero-order valence-corrected chi connectivity index (χ0v) is 11.2. The third-order valence-electron chi connectivity index (χ3n) is 3.39. The van der Waals surface area contributed by atoms with Gasteiger partial charge in [0, 0.05) is 12.3 Å². The van der Waals surface area contributed by atoms with Gasteiger partial charge in [0.15, 0.2) is 6.04 Å². The van der Waals surface area contributed by atoms with Crippen molar-refractivity contribution in [3.8, 4) is 0 Å². The summed E-state index contributed by atoms with van der Waals surface area (Å²) in [4.78, 5) is 37.0. The van der Waals surface area contributed by atoms with Crippen molar-refractivity contribution in [2.75, 3.05) is 12.3 Å². The molecule has 2 amide bonds. The predicted molar refractivity (Wildman–Crippen MR) is 72.6 cm³/mol. The number of nitrogens with one attached hydrogen (secondary N) is 1. The Kier molecular flexibility index (Phi) is 3.23. The van der Waals surface area contributed by atoms with Crippen LogP contribution in [0.5, 0.6) is 0 Å². The smallest absolute Gasteiger partial charge is 0.329 e. The molecule has 2 atom stereocenters. The Balaban J connectivity index is 1.99. The molecule has 0 unspecified atom stereocenters. The number of hydrogen-bond donors (Lipinski definition) is 2. The van der Waals surface area contributed by atoms with Gasteiger partial charge in [-0.15, -0.1) is 11.8 Å². The van der Waals surface area contributed by atoms with Crippen LogP contribution >= 0.6 is 11.8 Å². The van der Waals surface area contributed by atoms with Crippen LogP contribution < -0.4 is 5.32 Å². The summed E-state index contributed by atoms with van der Waals surface area (Å²) >= 11 is 1.41. The van der Waals surface area contributed by atoms with E-state index in [0.29, 0.717) is 6.54 Å². The fraction of sp³-hybridized carbons (Fsp3) is 0.308. The first-order valence-electron chi connectivity index (χ1n) is 6.16. The number of aliphatic carboxylic acids is 1. The number of imide groups is 1. The number of rotatable bonds is 3. The molecule has 0 bridgehead atoms. The molecule has 3 rings (SSSR count). The van der Waals surface area contributed by atoms with Gasteiger partial charge >= 0.3 is 5.97 Å². The van der Waals surface area contributed by atoms with E-state index < -0.39 is 29.2 Å². The van der Waals surface area contributed by atoms with Crippen molar-refractivity contribution in [1.29, 1.82) is 0 Å². The summed E-state index contributed by atoms with van der Waals surface area (Å²) in [5, 5.41) is 12.0. The van der Waals surface area contributed by atoms with Crippen molar-refractivity contribution in [2.45, 2.75) is 11.4 Å². The van der Waals surface area contributed by atoms with Crippen LogP contribution in [0.3, 0.4) is 0 Å². The van der Waals surface area contributed by atoms with E-state index in [4.69, 9.17) is 0 Å². The average Bonchev–Trinajstić information content (AvgIpc) is 3.03. The van der Waals surface area contributed by atoms with Gasteiger partial charge in [0.25, 0.3) is 11.8 Å². The van der Waals surface area contributed by atoms with E-state index >= 15 is 0 Å². The van der Waals surface area contributed by atoms with Gasteiger partial charge in [-0.05, 0) is 12.1 Å². The highest BCUT2D eigenvalue weighted by atomic mass is 32.2. The standard InChI is InChI=1S/C13H12N2O4S/c16-11-7-3-1-2-4-8(7)12(17)15(11)9(13(18)19)10-14-5-6-20-10/h1-4,9-10,14H,5-6H2,(H,18,19)/t9-,10+/m1/s1. The summed E-state index contributed by atoms with van der Waals surface area (Å²) in [6, 6.07) is 5.22. The lowest BCUT2D eigenvalue weighted by molar-refractivity contribution is -0.141. The quantitative estimate of drug-likeness (QED) is 0.784. The summed E-state index contributed by atoms with van der Waals surface area (Å²) in [5.74, 6) is -1.48. The molecule has 1 aromatic carbocycles. The molecule has 0 radical (unpaired) electrons. The fourth-order valence-electron chi connectivity index (χ4n) is 2.48. The predicted octanol–water partition coefficient (Wildman–Crippen LogP) is 0.398. The normalized spacial score (nSPS) is 23.0. The second kappa shape index (κ2) is 4.92. The van der Waals surface area contributed by atoms with Gasteiger partial charge in [-0.1, -0.05) is 12.1 Å². The van der Waals surface area contributed by atoms with Crippen LogP contribution in [0.25, 0.3) is 0 Å². The maximum atomic E-state index is 12.3. The molecule has 0 aromatic heterocycles. The first-order valence-corrected chi connectivity index (χ1v) is 7.21. The molecule has 20 heavy (non-hydrogen) atoms. The van der Waals surface area contributed by atoms with E-state index in [2.05, 4.69) is 5.32 Å². The number of amides is 2. The van der Waals surface area contributed by atoms with Crippen molar-refractivity contribution >= 4 is 29.5 Å². The first-order chi connectivity index (χ1) is 9.61. The molecule has 0 spiro atoms. The number of carbonyl (C=O) groups is 3. The topological polar surface area (TPSA) is 86.7 Å². The molecule has 104 valence electrons. The van der Waals surface area contributed by atoms with Gasteiger partial charge in [0.05, 0.1) is 16.5 Å². The zero-order valence-electron chi connectivity index (χ0n) is 10.4. The largest absolute Gasteiger partial charge is 0.480 e. The first kappa shape index (κ1) is 13.1. The van der Waals surface area contributed by atoms with Crippen molar-refractivity contribution < 1.29 is 19.5 Å². The number of carboxylic acids is 1. The van der Waals surface area contributed by atoms with Crippen LogP contribution in [0.1, 0.15) is 20.7 Å². The molecular weight excluding hydrogens is 280 g/mol. The molecular formula is C13H12N2O4S. The van der Waals surface area contributed by atoms with Crippen LogP contribution in [-0.4, -0.2) is 51.5 Å². The van der Waals surface area contributed by atoms with Gasteiger partial charge in [0.2, 0.25) is 0 Å². The van der Waals surface area contributed by atoms with Gasteiger partial charge in [-0.3, -0.25) is 14.5 Å². The second-order valence-corrected chi connectivity index (χ2v) is 5.80. The monoisotopic (exact) mass is 292 g/mol. The highest BCUT2D eigenvalue weighted by Crippen LogP contribution is 2.29. The lowest BCUT2D eigenvalue weighted by Crippen LogP contribution is -2.53. The van der Waals surface area contributed by atoms with Crippen LogP contribution in [0.4, 0.5) is 0 Å². The Morgan fingerprint density at radius 3 is 2.35 bits per heavy atom. The van der Waals surface area contributed by atoms with Crippen LogP contribution in [0, 0.1) is 0 Å². The van der Waals surface area contributed by atoms with Gasteiger partial charge < -0.3 is 10.4 Å². The Hall–Kier alpha value is -1.86. The Morgan fingerprint density at radius 1 is 1.30 bits per heavy atom. The van der Waals surface area contributed by atoms with Gasteiger partial charge in [-0.2, -0.15) is 0 Å². The number of benzene rings is 1. The van der Waals surface area contributed by atoms with E-state index in [1.807, 2.05) is 0 Å². The van der Waals surface area contributed by atoms with Crippen molar-refractivity contribution in [3.63, 3.8) is 0 Å². The summed E-state index contributed by atoms with van der Waals surface area (Å²) < 4.78 is 0. The summed E-state index contributed by atoms with van der Waals surface area (Å²) in [7, 11) is 0. The Bertz CT molecular complexity index is 563. The lowest BCUT2D eigenvalue weighted by Gasteiger charge is -2.26. The van der Waals surface area contributed by atoms with Gasteiger partial charge in [-0.25, -0.2) is 4.79 Å². The van der Waals surface area contributed by atoms with E-state index in [1.54, 1.807) is 24.3 Å². The maximum absolute atomic E-state index is 12.3. The minimum atomic E-state index is -1.19. The highest BCUT2D eigenvalue weighted by Gasteiger charge is 2.47.